The molecule has 0 radical (unpaired) electrons. The second-order valence-corrected chi connectivity index (χ2v) is 6.88. The molecule has 29 heavy (non-hydrogen) atoms. The number of hydrogen-bond acceptors (Lipinski definition) is 7. The standard InChI is InChI=1S/C17H28N6O6/c1-9(2)3-11(21-14(25)5-18)15(26)23-13(7-24)16(27)22-12(17(28)29)4-10-6-19-8-20-10/h6,8-9,11-13,24H,3-5,7,18H2,1-2H3,(H,19,20)(H,21,25)(H,22,27)(H,23,26)(H,28,29). The fraction of sp³-hybridized carbons (Fsp3) is 0.588. The number of carboxylic acids is 1. The Kier molecular flexibility index (Phi) is 9.75. The Labute approximate surface area is 167 Å². The summed E-state index contributed by atoms with van der Waals surface area (Å²) in [6.45, 7) is 2.63. The fourth-order valence-electron chi connectivity index (χ4n) is 2.51. The van der Waals surface area contributed by atoms with Crippen LogP contribution in [0.25, 0.3) is 0 Å². The van der Waals surface area contributed by atoms with Crippen molar-refractivity contribution in [2.45, 2.75) is 44.8 Å². The van der Waals surface area contributed by atoms with E-state index in [1.807, 2.05) is 13.8 Å². The van der Waals surface area contributed by atoms with Gasteiger partial charge in [0, 0.05) is 18.3 Å². The summed E-state index contributed by atoms with van der Waals surface area (Å²) in [4.78, 5) is 54.4. The molecule has 3 amide bonds. The average Bonchev–Trinajstić information content (AvgIpc) is 3.17. The van der Waals surface area contributed by atoms with Gasteiger partial charge in [0.05, 0.1) is 19.5 Å². The third-order valence-corrected chi connectivity index (χ3v) is 3.95. The van der Waals surface area contributed by atoms with E-state index in [2.05, 4.69) is 25.9 Å². The van der Waals surface area contributed by atoms with Crippen LogP contribution >= 0.6 is 0 Å². The van der Waals surface area contributed by atoms with Gasteiger partial charge in [-0.2, -0.15) is 0 Å². The van der Waals surface area contributed by atoms with Crippen molar-refractivity contribution in [1.82, 2.24) is 25.9 Å². The molecule has 162 valence electrons. The highest BCUT2D eigenvalue weighted by molar-refractivity contribution is 5.93. The number of aliphatic carboxylic acids is 1. The lowest BCUT2D eigenvalue weighted by Crippen LogP contribution is -2.57. The monoisotopic (exact) mass is 412 g/mol. The van der Waals surface area contributed by atoms with Crippen molar-refractivity contribution in [3.05, 3.63) is 18.2 Å². The molecule has 12 heteroatoms. The van der Waals surface area contributed by atoms with Crippen LogP contribution < -0.4 is 21.7 Å². The van der Waals surface area contributed by atoms with E-state index in [1.165, 1.54) is 12.5 Å². The molecule has 1 aromatic rings. The lowest BCUT2D eigenvalue weighted by atomic mass is 10.0. The van der Waals surface area contributed by atoms with Crippen LogP contribution in [0, 0.1) is 5.92 Å². The minimum Gasteiger partial charge on any atom is -0.480 e. The minimum atomic E-state index is -1.39. The van der Waals surface area contributed by atoms with Crippen LogP contribution in [0.3, 0.4) is 0 Å². The molecule has 0 saturated heterocycles. The van der Waals surface area contributed by atoms with Gasteiger partial charge in [-0.1, -0.05) is 13.8 Å². The first-order valence-corrected chi connectivity index (χ1v) is 9.09. The molecule has 0 bridgehead atoms. The number of carbonyl (C=O) groups excluding carboxylic acids is 3. The van der Waals surface area contributed by atoms with Gasteiger partial charge in [0.2, 0.25) is 17.7 Å². The zero-order valence-corrected chi connectivity index (χ0v) is 16.3. The van der Waals surface area contributed by atoms with Crippen molar-refractivity contribution in [3.63, 3.8) is 0 Å². The van der Waals surface area contributed by atoms with Crippen molar-refractivity contribution in [3.8, 4) is 0 Å². The number of amides is 3. The molecular weight excluding hydrogens is 384 g/mol. The minimum absolute atomic E-state index is 0.0519. The topological polar surface area (TPSA) is 200 Å². The van der Waals surface area contributed by atoms with Crippen molar-refractivity contribution in [2.24, 2.45) is 11.7 Å². The summed E-state index contributed by atoms with van der Waals surface area (Å²) >= 11 is 0. The molecular formula is C17H28N6O6. The molecule has 0 saturated carbocycles. The third-order valence-electron chi connectivity index (χ3n) is 3.95. The summed E-state index contributed by atoms with van der Waals surface area (Å²) in [6.07, 6.45) is 3.02. The van der Waals surface area contributed by atoms with Crippen LogP contribution in [0.5, 0.6) is 0 Å². The number of aliphatic hydroxyl groups excluding tert-OH is 1. The number of nitrogens with one attached hydrogen (secondary N) is 4. The van der Waals surface area contributed by atoms with Crippen LogP contribution in [0.2, 0.25) is 0 Å². The van der Waals surface area contributed by atoms with E-state index >= 15 is 0 Å². The van der Waals surface area contributed by atoms with Gasteiger partial charge < -0.3 is 36.9 Å². The van der Waals surface area contributed by atoms with E-state index in [4.69, 9.17) is 5.73 Å². The van der Waals surface area contributed by atoms with Gasteiger partial charge in [0.25, 0.3) is 0 Å². The Morgan fingerprint density at radius 2 is 1.72 bits per heavy atom. The summed E-state index contributed by atoms with van der Waals surface area (Å²) in [6, 6.07) is -3.64. The number of imidazole rings is 1. The molecule has 3 unspecified atom stereocenters. The van der Waals surface area contributed by atoms with Crippen LogP contribution in [-0.2, 0) is 25.6 Å². The zero-order valence-electron chi connectivity index (χ0n) is 16.3. The first-order chi connectivity index (χ1) is 13.7. The number of nitrogens with two attached hydrogens (primary N) is 1. The molecule has 0 aliphatic carbocycles. The maximum absolute atomic E-state index is 12.5. The summed E-state index contributed by atoms with van der Waals surface area (Å²) in [5.74, 6) is -3.34. The van der Waals surface area contributed by atoms with Crippen LogP contribution in [0.1, 0.15) is 26.0 Å². The first-order valence-electron chi connectivity index (χ1n) is 9.09. The van der Waals surface area contributed by atoms with Crippen molar-refractivity contribution >= 4 is 23.7 Å². The molecule has 0 aliphatic heterocycles. The number of H-pyrrole nitrogens is 1. The van der Waals surface area contributed by atoms with Gasteiger partial charge in [-0.15, -0.1) is 0 Å². The smallest absolute Gasteiger partial charge is 0.326 e. The number of aromatic amines is 1. The summed E-state index contributed by atoms with van der Waals surface area (Å²) in [5.41, 5.74) is 5.74. The lowest BCUT2D eigenvalue weighted by Gasteiger charge is -2.24. The Hall–Kier alpha value is -2.99. The Morgan fingerprint density at radius 3 is 2.21 bits per heavy atom. The molecule has 1 rings (SSSR count). The van der Waals surface area contributed by atoms with Gasteiger partial charge in [-0.05, 0) is 12.3 Å². The van der Waals surface area contributed by atoms with Crippen LogP contribution in [-0.4, -0.2) is 75.1 Å². The van der Waals surface area contributed by atoms with Crippen LogP contribution in [0.15, 0.2) is 12.5 Å². The zero-order chi connectivity index (χ0) is 22.0. The predicted octanol–water partition coefficient (Wildman–Crippen LogP) is -2.51. The van der Waals surface area contributed by atoms with Gasteiger partial charge in [-0.25, -0.2) is 9.78 Å². The highest BCUT2D eigenvalue weighted by Gasteiger charge is 2.29. The highest BCUT2D eigenvalue weighted by atomic mass is 16.4. The number of carboxylic acid groups (broad SMARTS) is 1. The van der Waals surface area contributed by atoms with Crippen molar-refractivity contribution in [2.75, 3.05) is 13.2 Å². The highest BCUT2D eigenvalue weighted by Crippen LogP contribution is 2.06. The van der Waals surface area contributed by atoms with E-state index in [0.717, 1.165) is 0 Å². The van der Waals surface area contributed by atoms with Gasteiger partial charge >= 0.3 is 5.97 Å². The number of nitrogens with zero attached hydrogens (tertiary/aromatic N) is 1. The Morgan fingerprint density at radius 1 is 1.10 bits per heavy atom. The van der Waals surface area contributed by atoms with E-state index in [9.17, 15) is 29.4 Å². The number of carbonyl (C=O) groups is 4. The summed E-state index contributed by atoms with van der Waals surface area (Å²) in [7, 11) is 0. The number of hydrogen-bond donors (Lipinski definition) is 7. The first kappa shape index (κ1) is 24.0. The maximum Gasteiger partial charge on any atom is 0.326 e. The third kappa shape index (κ3) is 8.27. The number of aromatic nitrogens is 2. The normalized spacial score (nSPS) is 14.0. The second kappa shape index (κ2) is 11.8. The quantitative estimate of drug-likeness (QED) is 0.195. The van der Waals surface area contributed by atoms with E-state index in [-0.39, 0.29) is 25.3 Å². The van der Waals surface area contributed by atoms with E-state index in [1.54, 1.807) is 0 Å². The molecule has 12 nitrogen and oxygen atoms in total. The second-order valence-electron chi connectivity index (χ2n) is 6.88. The summed E-state index contributed by atoms with van der Waals surface area (Å²) in [5, 5.41) is 25.9. The van der Waals surface area contributed by atoms with Crippen molar-refractivity contribution < 1.29 is 29.4 Å². The predicted molar refractivity (Wildman–Crippen MR) is 101 cm³/mol. The lowest BCUT2D eigenvalue weighted by molar-refractivity contribution is -0.142. The molecule has 0 aromatic carbocycles. The van der Waals surface area contributed by atoms with Gasteiger partial charge in [0.15, 0.2) is 0 Å². The Balaban J connectivity index is 2.79. The average molecular weight is 412 g/mol. The van der Waals surface area contributed by atoms with Crippen molar-refractivity contribution in [1.29, 1.82) is 0 Å². The van der Waals surface area contributed by atoms with Gasteiger partial charge in [0.1, 0.15) is 18.1 Å². The number of rotatable bonds is 12. The largest absolute Gasteiger partial charge is 0.480 e. The molecule has 0 fully saturated rings. The van der Waals surface area contributed by atoms with Crippen LogP contribution in [0.4, 0.5) is 0 Å². The van der Waals surface area contributed by atoms with E-state index in [0.29, 0.717) is 5.69 Å². The molecule has 8 N–H and O–H groups in total. The Bertz CT molecular complexity index is 693. The molecule has 0 spiro atoms. The molecule has 1 aromatic heterocycles. The molecule has 3 atom stereocenters. The molecule has 0 aliphatic rings. The van der Waals surface area contributed by atoms with E-state index < -0.39 is 48.4 Å². The fourth-order valence-corrected chi connectivity index (χ4v) is 2.51. The summed E-state index contributed by atoms with van der Waals surface area (Å²) < 4.78 is 0. The number of aliphatic hydroxyl groups is 1. The maximum atomic E-state index is 12.5. The molecule has 1 heterocycles. The van der Waals surface area contributed by atoms with Gasteiger partial charge in [-0.3, -0.25) is 14.4 Å². The SMILES string of the molecule is CC(C)CC(NC(=O)CN)C(=O)NC(CO)C(=O)NC(Cc1cnc[nH]1)C(=O)O.